The van der Waals surface area contributed by atoms with Crippen molar-refractivity contribution < 1.29 is 0 Å². The Bertz CT molecular complexity index is 467. The second kappa shape index (κ2) is 7.20. The van der Waals surface area contributed by atoms with Crippen LogP contribution in [0.5, 0.6) is 0 Å². The molecule has 1 atom stereocenters. The lowest BCUT2D eigenvalue weighted by molar-refractivity contribution is 0.597. The molecule has 0 fully saturated rings. The summed E-state index contributed by atoms with van der Waals surface area (Å²) >= 11 is 0. The maximum Gasteiger partial charge on any atom is 0.0517 e. The summed E-state index contributed by atoms with van der Waals surface area (Å²) in [5, 5.41) is 0. The third-order valence-electron chi connectivity index (χ3n) is 3.31. The highest BCUT2D eigenvalue weighted by molar-refractivity contribution is 5.85. The van der Waals surface area contributed by atoms with E-state index in [1.165, 1.54) is 11.3 Å². The molecule has 2 heteroatoms. The molecule has 0 amide bonds. The third kappa shape index (κ3) is 3.74. The molecule has 2 aromatic carbocycles. The minimum Gasteiger partial charge on any atom is -0.362 e. The largest absolute Gasteiger partial charge is 0.362 e. The molecule has 0 heterocycles. The van der Waals surface area contributed by atoms with Crippen LogP contribution >= 0.6 is 12.4 Å². The molecule has 0 aliphatic carbocycles. The Hall–Kier alpha value is -1.47. The predicted octanol–water partition coefficient (Wildman–Crippen LogP) is 5.08. The molecule has 2 aromatic rings. The molecule has 0 radical (unpaired) electrons. The average Bonchev–Trinajstić information content (AvgIpc) is 2.40. The molecule has 19 heavy (non-hydrogen) atoms. The highest BCUT2D eigenvalue weighted by atomic mass is 35.5. The van der Waals surface area contributed by atoms with Gasteiger partial charge < -0.3 is 4.90 Å². The van der Waals surface area contributed by atoms with E-state index in [-0.39, 0.29) is 12.4 Å². The van der Waals surface area contributed by atoms with Gasteiger partial charge in [0.1, 0.15) is 0 Å². The number of para-hydroxylation sites is 1. The average molecular weight is 276 g/mol. The standard InChI is InChI=1S/C17H21N.ClH/c1-14(2)18(17-12-8-5-9-13-17)15(3)16-10-6-4-7-11-16;/h4-15H,1-3H3;1H. The molecule has 1 nitrogen and oxygen atoms in total. The Morgan fingerprint density at radius 3 is 1.68 bits per heavy atom. The van der Waals surface area contributed by atoms with E-state index in [1.807, 2.05) is 0 Å². The summed E-state index contributed by atoms with van der Waals surface area (Å²) in [5.74, 6) is 0. The first-order valence-electron chi connectivity index (χ1n) is 6.58. The summed E-state index contributed by atoms with van der Waals surface area (Å²) in [4.78, 5) is 2.45. The fourth-order valence-corrected chi connectivity index (χ4v) is 2.46. The van der Waals surface area contributed by atoms with Crippen LogP contribution in [0, 0.1) is 0 Å². The number of benzene rings is 2. The van der Waals surface area contributed by atoms with Crippen LogP contribution in [-0.4, -0.2) is 6.04 Å². The summed E-state index contributed by atoms with van der Waals surface area (Å²) in [6.45, 7) is 6.75. The number of hydrogen-bond acceptors (Lipinski definition) is 1. The van der Waals surface area contributed by atoms with E-state index in [2.05, 4.69) is 86.3 Å². The Morgan fingerprint density at radius 2 is 1.21 bits per heavy atom. The maximum atomic E-state index is 2.45. The van der Waals surface area contributed by atoms with E-state index >= 15 is 0 Å². The fourth-order valence-electron chi connectivity index (χ4n) is 2.46. The van der Waals surface area contributed by atoms with Crippen LogP contribution < -0.4 is 4.90 Å². The van der Waals surface area contributed by atoms with Crippen molar-refractivity contribution in [1.82, 2.24) is 0 Å². The number of rotatable bonds is 4. The first-order valence-corrected chi connectivity index (χ1v) is 6.58. The van der Waals surface area contributed by atoms with Gasteiger partial charge in [0.15, 0.2) is 0 Å². The Labute approximate surface area is 122 Å². The summed E-state index contributed by atoms with van der Waals surface area (Å²) in [6, 6.07) is 22.2. The van der Waals surface area contributed by atoms with Crippen LogP contribution in [0.4, 0.5) is 5.69 Å². The van der Waals surface area contributed by atoms with Gasteiger partial charge in [-0.2, -0.15) is 0 Å². The zero-order valence-electron chi connectivity index (χ0n) is 11.8. The van der Waals surface area contributed by atoms with Crippen molar-refractivity contribution in [3.05, 3.63) is 66.2 Å². The molecular weight excluding hydrogens is 254 g/mol. The molecule has 0 saturated carbocycles. The van der Waals surface area contributed by atoms with E-state index in [0.29, 0.717) is 12.1 Å². The topological polar surface area (TPSA) is 3.24 Å². The summed E-state index contributed by atoms with van der Waals surface area (Å²) in [6.07, 6.45) is 0. The number of nitrogens with zero attached hydrogens (tertiary/aromatic N) is 1. The highest BCUT2D eigenvalue weighted by Crippen LogP contribution is 2.28. The number of halogens is 1. The van der Waals surface area contributed by atoms with Crippen molar-refractivity contribution in [1.29, 1.82) is 0 Å². The van der Waals surface area contributed by atoms with Crippen molar-refractivity contribution in [2.45, 2.75) is 32.9 Å². The van der Waals surface area contributed by atoms with Gasteiger partial charge in [-0.25, -0.2) is 0 Å². The maximum absolute atomic E-state index is 2.45. The molecule has 0 bridgehead atoms. The third-order valence-corrected chi connectivity index (χ3v) is 3.31. The molecule has 1 unspecified atom stereocenters. The van der Waals surface area contributed by atoms with E-state index in [1.54, 1.807) is 0 Å². The van der Waals surface area contributed by atoms with Gasteiger partial charge in [-0.05, 0) is 38.5 Å². The zero-order valence-corrected chi connectivity index (χ0v) is 12.6. The minimum atomic E-state index is 0. The highest BCUT2D eigenvalue weighted by Gasteiger charge is 2.18. The lowest BCUT2D eigenvalue weighted by Crippen LogP contribution is -2.33. The van der Waals surface area contributed by atoms with Crippen LogP contribution in [0.25, 0.3) is 0 Å². The van der Waals surface area contributed by atoms with Gasteiger partial charge in [0.05, 0.1) is 6.04 Å². The van der Waals surface area contributed by atoms with Crippen LogP contribution in [0.15, 0.2) is 60.7 Å². The van der Waals surface area contributed by atoms with Crippen molar-refractivity contribution >= 4 is 18.1 Å². The van der Waals surface area contributed by atoms with Crippen LogP contribution in [0.3, 0.4) is 0 Å². The van der Waals surface area contributed by atoms with Gasteiger partial charge in [-0.15, -0.1) is 12.4 Å². The summed E-state index contributed by atoms with van der Waals surface area (Å²) < 4.78 is 0. The van der Waals surface area contributed by atoms with E-state index in [4.69, 9.17) is 0 Å². The molecule has 0 aliphatic rings. The van der Waals surface area contributed by atoms with Crippen molar-refractivity contribution in [3.63, 3.8) is 0 Å². The Balaban J connectivity index is 0.00000180. The molecule has 0 aliphatic heterocycles. The van der Waals surface area contributed by atoms with Gasteiger partial charge in [-0.3, -0.25) is 0 Å². The van der Waals surface area contributed by atoms with E-state index in [0.717, 1.165) is 0 Å². The van der Waals surface area contributed by atoms with Crippen LogP contribution in [0.1, 0.15) is 32.4 Å². The lowest BCUT2D eigenvalue weighted by atomic mass is 10.0. The molecule has 0 spiro atoms. The van der Waals surface area contributed by atoms with Crippen LogP contribution in [0.2, 0.25) is 0 Å². The van der Waals surface area contributed by atoms with Crippen molar-refractivity contribution in [2.75, 3.05) is 4.90 Å². The quantitative estimate of drug-likeness (QED) is 0.752. The SMILES string of the molecule is CC(C)N(c1ccccc1)C(C)c1ccccc1.Cl. The summed E-state index contributed by atoms with van der Waals surface area (Å²) in [5.41, 5.74) is 2.64. The second-order valence-electron chi connectivity index (χ2n) is 4.92. The summed E-state index contributed by atoms with van der Waals surface area (Å²) in [7, 11) is 0. The second-order valence-corrected chi connectivity index (χ2v) is 4.92. The molecule has 2 rings (SSSR count). The normalized spacial score (nSPS) is 11.8. The first-order chi connectivity index (χ1) is 8.70. The van der Waals surface area contributed by atoms with Crippen molar-refractivity contribution in [2.24, 2.45) is 0 Å². The fraction of sp³-hybridized carbons (Fsp3) is 0.294. The molecule has 102 valence electrons. The first kappa shape index (κ1) is 15.6. The number of hydrogen-bond donors (Lipinski definition) is 0. The Kier molecular flexibility index (Phi) is 5.91. The van der Waals surface area contributed by atoms with Gasteiger partial charge in [0, 0.05) is 11.7 Å². The van der Waals surface area contributed by atoms with Gasteiger partial charge >= 0.3 is 0 Å². The van der Waals surface area contributed by atoms with E-state index < -0.39 is 0 Å². The van der Waals surface area contributed by atoms with Gasteiger partial charge in [0.2, 0.25) is 0 Å². The van der Waals surface area contributed by atoms with Crippen LogP contribution in [-0.2, 0) is 0 Å². The van der Waals surface area contributed by atoms with Crippen molar-refractivity contribution in [3.8, 4) is 0 Å². The predicted molar refractivity (Wildman–Crippen MR) is 86.2 cm³/mol. The molecule has 0 aromatic heterocycles. The smallest absolute Gasteiger partial charge is 0.0517 e. The molecular formula is C17H22ClN. The monoisotopic (exact) mass is 275 g/mol. The molecule has 0 N–H and O–H groups in total. The van der Waals surface area contributed by atoms with E-state index in [9.17, 15) is 0 Å². The lowest BCUT2D eigenvalue weighted by Gasteiger charge is -2.35. The number of anilines is 1. The van der Waals surface area contributed by atoms with Gasteiger partial charge in [0.25, 0.3) is 0 Å². The minimum absolute atomic E-state index is 0. The van der Waals surface area contributed by atoms with Gasteiger partial charge in [-0.1, -0.05) is 48.5 Å². The molecule has 0 saturated heterocycles. The Morgan fingerprint density at radius 1 is 0.737 bits per heavy atom. The zero-order chi connectivity index (χ0) is 13.0.